The van der Waals surface area contributed by atoms with Crippen LogP contribution in [0.15, 0.2) is 24.3 Å². The van der Waals surface area contributed by atoms with Crippen LogP contribution < -0.4 is 0 Å². The lowest BCUT2D eigenvalue weighted by molar-refractivity contribution is -0.174. The monoisotopic (exact) mass is 382 g/mol. The summed E-state index contributed by atoms with van der Waals surface area (Å²) in [5, 5.41) is 8.84. The van der Waals surface area contributed by atoms with Crippen LogP contribution in [0.2, 0.25) is 0 Å². The number of carboxylic acids is 1. The fraction of sp³-hybridized carbons (Fsp3) is 0.600. The van der Waals surface area contributed by atoms with Crippen molar-refractivity contribution in [3.8, 4) is 0 Å². The Bertz CT molecular complexity index is 532. The summed E-state index contributed by atoms with van der Waals surface area (Å²) in [6.07, 6.45) is 3.61. The van der Waals surface area contributed by atoms with Crippen molar-refractivity contribution in [1.29, 1.82) is 0 Å². The van der Waals surface area contributed by atoms with Crippen molar-refractivity contribution in [3.05, 3.63) is 35.4 Å². The second-order valence-electron chi connectivity index (χ2n) is 5.97. The molecule has 0 aliphatic heterocycles. The summed E-state index contributed by atoms with van der Waals surface area (Å²) < 4.78 is 21.9. The molecule has 0 saturated carbocycles. The largest absolute Gasteiger partial charge is 0.478 e. The van der Waals surface area contributed by atoms with Crippen LogP contribution in [-0.4, -0.2) is 56.4 Å². The zero-order valence-electron chi connectivity index (χ0n) is 16.1. The predicted octanol–water partition coefficient (Wildman–Crippen LogP) is 3.52. The van der Waals surface area contributed by atoms with Gasteiger partial charge in [-0.25, -0.2) is 9.59 Å². The highest BCUT2D eigenvalue weighted by molar-refractivity contribution is 5.92. The van der Waals surface area contributed by atoms with E-state index in [1.165, 1.54) is 24.3 Å². The van der Waals surface area contributed by atoms with E-state index in [1.54, 1.807) is 0 Å². The molecule has 152 valence electrons. The van der Waals surface area contributed by atoms with Gasteiger partial charge in [-0.1, -0.05) is 26.7 Å². The molecule has 27 heavy (non-hydrogen) atoms. The molecule has 0 spiro atoms. The third kappa shape index (κ3) is 10.1. The van der Waals surface area contributed by atoms with E-state index in [4.69, 9.17) is 24.1 Å². The number of aromatic carboxylic acids is 1. The highest BCUT2D eigenvalue weighted by Gasteiger charge is 2.11. The smallest absolute Gasteiger partial charge is 0.338 e. The lowest BCUT2D eigenvalue weighted by Gasteiger charge is -2.18. The molecule has 0 fully saturated rings. The molecule has 0 aliphatic carbocycles. The van der Waals surface area contributed by atoms with Crippen LogP contribution >= 0.6 is 0 Å². The minimum Gasteiger partial charge on any atom is -0.478 e. The maximum Gasteiger partial charge on any atom is 0.338 e. The predicted molar refractivity (Wildman–Crippen MR) is 100 cm³/mol. The average molecular weight is 382 g/mol. The lowest BCUT2D eigenvalue weighted by atomic mass is 10.1. The molecule has 7 nitrogen and oxygen atoms in total. The van der Waals surface area contributed by atoms with E-state index in [9.17, 15) is 9.59 Å². The Morgan fingerprint density at radius 2 is 1.44 bits per heavy atom. The van der Waals surface area contributed by atoms with Crippen LogP contribution in [0.3, 0.4) is 0 Å². The molecule has 0 unspecified atom stereocenters. The molecular weight excluding hydrogens is 352 g/mol. The van der Waals surface area contributed by atoms with Gasteiger partial charge in [-0.05, 0) is 37.1 Å². The molecule has 1 aromatic rings. The van der Waals surface area contributed by atoms with Crippen molar-refractivity contribution in [2.24, 2.45) is 0 Å². The molecule has 1 N–H and O–H groups in total. The Morgan fingerprint density at radius 1 is 0.889 bits per heavy atom. The molecule has 0 atom stereocenters. The normalized spacial score (nSPS) is 10.9. The molecule has 7 heteroatoms. The Kier molecular flexibility index (Phi) is 12.1. The maximum atomic E-state index is 11.9. The first-order valence-corrected chi connectivity index (χ1v) is 9.39. The quantitative estimate of drug-likeness (QED) is 0.282. The van der Waals surface area contributed by atoms with E-state index in [2.05, 4.69) is 13.8 Å². The number of hydrogen-bond donors (Lipinski definition) is 1. The summed E-state index contributed by atoms with van der Waals surface area (Å²) in [7, 11) is 0. The number of ether oxygens (including phenoxy) is 4. The second-order valence-corrected chi connectivity index (χ2v) is 5.97. The summed E-state index contributed by atoms with van der Waals surface area (Å²) in [5.41, 5.74) is 0.413. The highest BCUT2D eigenvalue weighted by atomic mass is 16.7. The number of hydrogen-bond acceptors (Lipinski definition) is 6. The molecule has 0 radical (unpaired) electrons. The van der Waals surface area contributed by atoms with Crippen molar-refractivity contribution in [2.45, 2.75) is 45.8 Å². The molecule has 0 bridgehead atoms. The Labute approximate surface area is 160 Å². The van der Waals surface area contributed by atoms with E-state index >= 15 is 0 Å². The van der Waals surface area contributed by atoms with Crippen LogP contribution in [0.1, 0.15) is 60.2 Å². The fourth-order valence-corrected chi connectivity index (χ4v) is 2.07. The minimum absolute atomic E-state index is 0.0934. The second kappa shape index (κ2) is 14.1. The fourth-order valence-electron chi connectivity index (χ4n) is 2.07. The lowest BCUT2D eigenvalue weighted by Crippen LogP contribution is -2.25. The van der Waals surface area contributed by atoms with Gasteiger partial charge in [0.1, 0.15) is 6.61 Å². The van der Waals surface area contributed by atoms with Gasteiger partial charge in [0.25, 0.3) is 0 Å². The number of esters is 1. The van der Waals surface area contributed by atoms with Crippen LogP contribution in [0, 0.1) is 0 Å². The van der Waals surface area contributed by atoms with Crippen LogP contribution in [0.25, 0.3) is 0 Å². The number of carbonyl (C=O) groups excluding carboxylic acids is 1. The molecule has 1 rings (SSSR count). The third-order valence-corrected chi connectivity index (χ3v) is 3.69. The van der Waals surface area contributed by atoms with E-state index in [0.717, 1.165) is 25.7 Å². The first kappa shape index (κ1) is 23.1. The van der Waals surface area contributed by atoms with Crippen molar-refractivity contribution >= 4 is 11.9 Å². The average Bonchev–Trinajstić information content (AvgIpc) is 2.67. The van der Waals surface area contributed by atoms with Gasteiger partial charge in [0.2, 0.25) is 0 Å². The highest BCUT2D eigenvalue weighted by Crippen LogP contribution is 2.06. The van der Waals surface area contributed by atoms with Gasteiger partial charge in [0.05, 0.1) is 24.3 Å². The van der Waals surface area contributed by atoms with Crippen LogP contribution in [0.5, 0.6) is 0 Å². The third-order valence-electron chi connectivity index (χ3n) is 3.69. The Balaban J connectivity index is 2.26. The van der Waals surface area contributed by atoms with Crippen LogP contribution in [-0.2, 0) is 18.9 Å². The van der Waals surface area contributed by atoms with Crippen LogP contribution in [0.4, 0.5) is 0 Å². The topological polar surface area (TPSA) is 91.3 Å². The SMILES string of the molecule is CCCCOC(COCCOC(=O)c1ccc(C(=O)O)cc1)OCCCC. The molecule has 0 aliphatic rings. The van der Waals surface area contributed by atoms with Gasteiger partial charge in [-0.3, -0.25) is 0 Å². The zero-order chi connectivity index (χ0) is 19.9. The summed E-state index contributed by atoms with van der Waals surface area (Å²) in [6.45, 7) is 6.03. The minimum atomic E-state index is -1.04. The summed E-state index contributed by atoms with van der Waals surface area (Å²) in [5.74, 6) is -1.56. The van der Waals surface area contributed by atoms with Gasteiger partial charge in [-0.2, -0.15) is 0 Å². The van der Waals surface area contributed by atoms with Gasteiger partial charge in [-0.15, -0.1) is 0 Å². The molecule has 0 saturated heterocycles. The van der Waals surface area contributed by atoms with Crippen molar-refractivity contribution in [1.82, 2.24) is 0 Å². The summed E-state index contributed by atoms with van der Waals surface area (Å²) in [4.78, 5) is 22.7. The Hall–Kier alpha value is -1.96. The number of carboxylic acid groups (broad SMARTS) is 1. The van der Waals surface area contributed by atoms with Crippen molar-refractivity contribution < 1.29 is 33.6 Å². The van der Waals surface area contributed by atoms with Gasteiger partial charge >= 0.3 is 11.9 Å². The first-order valence-electron chi connectivity index (χ1n) is 9.39. The van der Waals surface area contributed by atoms with E-state index in [-0.39, 0.29) is 25.4 Å². The molecule has 1 aromatic carbocycles. The maximum absolute atomic E-state index is 11.9. The number of carbonyl (C=O) groups is 2. The van der Waals surface area contributed by atoms with Crippen molar-refractivity contribution in [3.63, 3.8) is 0 Å². The molecule has 0 heterocycles. The molecule has 0 amide bonds. The summed E-state index contributed by atoms with van der Waals surface area (Å²) in [6, 6.07) is 5.57. The number of unbranched alkanes of at least 4 members (excludes halogenated alkanes) is 2. The van der Waals surface area contributed by atoms with E-state index < -0.39 is 18.2 Å². The zero-order valence-corrected chi connectivity index (χ0v) is 16.1. The number of benzene rings is 1. The van der Waals surface area contributed by atoms with Gasteiger partial charge in [0, 0.05) is 13.2 Å². The molecular formula is C20H30O7. The van der Waals surface area contributed by atoms with Gasteiger partial charge in [0.15, 0.2) is 6.29 Å². The van der Waals surface area contributed by atoms with Gasteiger partial charge < -0.3 is 24.1 Å². The number of rotatable bonds is 15. The first-order chi connectivity index (χ1) is 13.1. The standard InChI is InChI=1S/C20H30O7/c1-3-5-11-25-18(26-12-6-4-2)15-24-13-14-27-20(23)17-9-7-16(8-10-17)19(21)22/h7-10,18H,3-6,11-15H2,1-2H3,(H,21,22). The Morgan fingerprint density at radius 3 is 1.96 bits per heavy atom. The summed E-state index contributed by atoms with van der Waals surface area (Å²) >= 11 is 0. The van der Waals surface area contributed by atoms with E-state index in [1.807, 2.05) is 0 Å². The van der Waals surface area contributed by atoms with Crippen molar-refractivity contribution in [2.75, 3.05) is 33.0 Å². The molecule has 0 aromatic heterocycles. The van der Waals surface area contributed by atoms with E-state index in [0.29, 0.717) is 18.8 Å².